The third-order valence-corrected chi connectivity index (χ3v) is 4.60. The molecular weight excluding hydrogens is 274 g/mol. The van der Waals surface area contributed by atoms with Crippen LogP contribution < -0.4 is 5.69 Å². The largest absolute Gasteiger partial charge is 0.379 e. The molecule has 6 heteroatoms. The van der Waals surface area contributed by atoms with Crippen LogP contribution >= 0.6 is 12.2 Å². The van der Waals surface area contributed by atoms with Crippen molar-refractivity contribution in [3.8, 4) is 0 Å². The van der Waals surface area contributed by atoms with Crippen molar-refractivity contribution >= 4 is 12.2 Å². The Labute approximate surface area is 123 Å². The fourth-order valence-electron chi connectivity index (χ4n) is 3.10. The number of hydrogen-bond donors (Lipinski definition) is 1. The molecule has 1 aliphatic heterocycles. The van der Waals surface area contributed by atoms with Crippen LogP contribution in [0.15, 0.2) is 4.79 Å². The van der Waals surface area contributed by atoms with Crippen LogP contribution in [-0.4, -0.2) is 47.3 Å². The molecule has 0 amide bonds. The topological polar surface area (TPSA) is 50.3 Å². The quantitative estimate of drug-likeness (QED) is 0.849. The van der Waals surface area contributed by atoms with Gasteiger partial charge in [0, 0.05) is 37.4 Å². The van der Waals surface area contributed by atoms with Gasteiger partial charge in [0.05, 0.1) is 13.2 Å². The number of nitrogens with one attached hydrogen (secondary N) is 1. The molecule has 0 spiro atoms. The minimum atomic E-state index is -0.0519. The highest BCUT2D eigenvalue weighted by molar-refractivity contribution is 7.71. The molecule has 0 bridgehead atoms. The third kappa shape index (κ3) is 2.87. The van der Waals surface area contributed by atoms with E-state index < -0.39 is 0 Å². The van der Waals surface area contributed by atoms with Crippen molar-refractivity contribution in [2.45, 2.75) is 32.2 Å². The Morgan fingerprint density at radius 1 is 1.15 bits per heavy atom. The SMILES string of the molecule is O=c1[nH]c(=S)c2c(n1CCN1CCOCC1)CCCC2. The summed E-state index contributed by atoms with van der Waals surface area (Å²) in [5.41, 5.74) is 2.30. The Morgan fingerprint density at radius 3 is 2.70 bits per heavy atom. The van der Waals surface area contributed by atoms with Crippen molar-refractivity contribution in [3.05, 3.63) is 26.4 Å². The van der Waals surface area contributed by atoms with Gasteiger partial charge in [-0.05, 0) is 25.7 Å². The summed E-state index contributed by atoms with van der Waals surface area (Å²) in [7, 11) is 0. The Morgan fingerprint density at radius 2 is 1.90 bits per heavy atom. The summed E-state index contributed by atoms with van der Waals surface area (Å²) in [6.07, 6.45) is 4.31. The van der Waals surface area contributed by atoms with E-state index in [1.54, 1.807) is 0 Å². The van der Waals surface area contributed by atoms with Crippen LogP contribution in [-0.2, 0) is 24.1 Å². The van der Waals surface area contributed by atoms with E-state index in [-0.39, 0.29) is 5.69 Å². The maximum atomic E-state index is 12.2. The van der Waals surface area contributed by atoms with Crippen LogP contribution in [0.2, 0.25) is 0 Å². The minimum Gasteiger partial charge on any atom is -0.379 e. The summed E-state index contributed by atoms with van der Waals surface area (Å²) >= 11 is 5.30. The van der Waals surface area contributed by atoms with E-state index >= 15 is 0 Å². The van der Waals surface area contributed by atoms with Gasteiger partial charge in [0.2, 0.25) is 0 Å². The molecule has 1 saturated heterocycles. The molecule has 3 rings (SSSR count). The highest BCUT2D eigenvalue weighted by Gasteiger charge is 2.17. The van der Waals surface area contributed by atoms with Crippen LogP contribution in [0.5, 0.6) is 0 Å². The van der Waals surface area contributed by atoms with Gasteiger partial charge in [-0.25, -0.2) is 4.79 Å². The number of hydrogen-bond acceptors (Lipinski definition) is 4. The second-order valence-electron chi connectivity index (χ2n) is 5.50. The minimum absolute atomic E-state index is 0.0519. The number of morpholine rings is 1. The van der Waals surface area contributed by atoms with Gasteiger partial charge in [-0.3, -0.25) is 14.5 Å². The molecule has 0 saturated carbocycles. The van der Waals surface area contributed by atoms with E-state index in [1.165, 1.54) is 17.7 Å². The van der Waals surface area contributed by atoms with Crippen molar-refractivity contribution in [1.29, 1.82) is 0 Å². The number of aromatic amines is 1. The third-order valence-electron chi connectivity index (χ3n) is 4.25. The van der Waals surface area contributed by atoms with E-state index in [1.807, 2.05) is 4.57 Å². The molecule has 110 valence electrons. The average Bonchev–Trinajstić information content (AvgIpc) is 2.48. The monoisotopic (exact) mass is 295 g/mol. The van der Waals surface area contributed by atoms with Gasteiger partial charge in [0.25, 0.3) is 0 Å². The lowest BCUT2D eigenvalue weighted by atomic mass is 9.97. The molecular formula is C14H21N3O2S. The van der Waals surface area contributed by atoms with Gasteiger partial charge in [0.15, 0.2) is 0 Å². The van der Waals surface area contributed by atoms with Gasteiger partial charge in [-0.15, -0.1) is 0 Å². The highest BCUT2D eigenvalue weighted by Crippen LogP contribution is 2.20. The zero-order valence-corrected chi connectivity index (χ0v) is 12.5. The number of fused-ring (bicyclic) bond motifs is 1. The molecule has 5 nitrogen and oxygen atoms in total. The number of aromatic nitrogens is 2. The van der Waals surface area contributed by atoms with Crippen LogP contribution in [0.4, 0.5) is 0 Å². The number of H-pyrrole nitrogens is 1. The second kappa shape index (κ2) is 6.20. The number of nitrogens with zero attached hydrogens (tertiary/aromatic N) is 2. The van der Waals surface area contributed by atoms with E-state index in [9.17, 15) is 4.79 Å². The first kappa shape index (κ1) is 14.0. The lowest BCUT2D eigenvalue weighted by Crippen LogP contribution is -2.40. The standard InChI is InChI=1S/C14H21N3O2S/c18-14-15-13(20)11-3-1-2-4-12(11)17(14)6-5-16-7-9-19-10-8-16/h1-10H2,(H,15,18,20). The predicted molar refractivity (Wildman–Crippen MR) is 79.8 cm³/mol. The molecule has 2 aliphatic rings. The molecule has 2 heterocycles. The first-order chi connectivity index (χ1) is 9.75. The Kier molecular flexibility index (Phi) is 4.33. The van der Waals surface area contributed by atoms with Crippen molar-refractivity contribution in [1.82, 2.24) is 14.5 Å². The Bertz CT molecular complexity index is 587. The summed E-state index contributed by atoms with van der Waals surface area (Å²) < 4.78 is 7.90. The lowest BCUT2D eigenvalue weighted by Gasteiger charge is -2.28. The first-order valence-electron chi connectivity index (χ1n) is 7.40. The molecule has 0 unspecified atom stereocenters. The van der Waals surface area contributed by atoms with Gasteiger partial charge in [-0.2, -0.15) is 0 Å². The van der Waals surface area contributed by atoms with Gasteiger partial charge >= 0.3 is 5.69 Å². The van der Waals surface area contributed by atoms with Crippen molar-refractivity contribution in [2.24, 2.45) is 0 Å². The fourth-order valence-corrected chi connectivity index (χ4v) is 3.40. The molecule has 1 aromatic rings. The average molecular weight is 295 g/mol. The summed E-state index contributed by atoms with van der Waals surface area (Å²) in [6, 6.07) is 0. The zero-order chi connectivity index (χ0) is 13.9. The number of rotatable bonds is 3. The van der Waals surface area contributed by atoms with E-state index in [0.29, 0.717) is 4.64 Å². The van der Waals surface area contributed by atoms with Crippen molar-refractivity contribution in [3.63, 3.8) is 0 Å². The molecule has 1 aromatic heterocycles. The van der Waals surface area contributed by atoms with Crippen LogP contribution in [0.25, 0.3) is 0 Å². The Hall–Kier alpha value is -0.980. The Balaban J connectivity index is 1.81. The molecule has 0 aromatic carbocycles. The summed E-state index contributed by atoms with van der Waals surface area (Å²) in [6.45, 7) is 5.15. The van der Waals surface area contributed by atoms with Crippen LogP contribution in [0.3, 0.4) is 0 Å². The highest BCUT2D eigenvalue weighted by atomic mass is 32.1. The van der Waals surface area contributed by atoms with E-state index in [0.717, 1.165) is 58.7 Å². The van der Waals surface area contributed by atoms with Gasteiger partial charge in [-0.1, -0.05) is 12.2 Å². The summed E-state index contributed by atoms with van der Waals surface area (Å²) in [5.74, 6) is 0. The smallest absolute Gasteiger partial charge is 0.326 e. The van der Waals surface area contributed by atoms with Crippen LogP contribution in [0.1, 0.15) is 24.1 Å². The fraction of sp³-hybridized carbons (Fsp3) is 0.714. The normalized spacial score (nSPS) is 19.8. The molecule has 0 atom stereocenters. The van der Waals surface area contributed by atoms with Gasteiger partial charge < -0.3 is 4.74 Å². The zero-order valence-electron chi connectivity index (χ0n) is 11.7. The lowest BCUT2D eigenvalue weighted by molar-refractivity contribution is 0.0361. The molecule has 1 N–H and O–H groups in total. The maximum absolute atomic E-state index is 12.2. The second-order valence-corrected chi connectivity index (χ2v) is 5.91. The number of ether oxygens (including phenoxy) is 1. The predicted octanol–water partition coefficient (Wildman–Crippen LogP) is 1.12. The molecule has 1 fully saturated rings. The van der Waals surface area contributed by atoms with Gasteiger partial charge in [0.1, 0.15) is 4.64 Å². The summed E-state index contributed by atoms with van der Waals surface area (Å²) in [5, 5.41) is 0. The van der Waals surface area contributed by atoms with Crippen LogP contribution in [0, 0.1) is 4.64 Å². The van der Waals surface area contributed by atoms with E-state index in [4.69, 9.17) is 17.0 Å². The first-order valence-corrected chi connectivity index (χ1v) is 7.81. The van der Waals surface area contributed by atoms with Crippen molar-refractivity contribution in [2.75, 3.05) is 32.8 Å². The van der Waals surface area contributed by atoms with Crippen molar-refractivity contribution < 1.29 is 4.74 Å². The molecule has 0 radical (unpaired) electrons. The maximum Gasteiger partial charge on any atom is 0.326 e. The molecule has 20 heavy (non-hydrogen) atoms. The van der Waals surface area contributed by atoms with E-state index in [2.05, 4.69) is 9.88 Å². The molecule has 1 aliphatic carbocycles. The summed E-state index contributed by atoms with van der Waals surface area (Å²) in [4.78, 5) is 17.4.